The Kier molecular flexibility index (Phi) is 7.20. The summed E-state index contributed by atoms with van der Waals surface area (Å²) in [4.78, 5) is 40.0. The van der Waals surface area contributed by atoms with Gasteiger partial charge in [-0.2, -0.15) is 9.31 Å². The van der Waals surface area contributed by atoms with Gasteiger partial charge in [0.15, 0.2) is 0 Å². The fourth-order valence-corrected chi connectivity index (χ4v) is 5.67. The minimum absolute atomic E-state index is 0.0585. The van der Waals surface area contributed by atoms with Gasteiger partial charge >= 0.3 is 6.03 Å². The summed E-state index contributed by atoms with van der Waals surface area (Å²) in [6, 6.07) is 17.2. The third kappa shape index (κ3) is 5.53. The largest absolute Gasteiger partial charge is 0.344 e. The lowest BCUT2D eigenvalue weighted by molar-refractivity contribution is -0.139. The van der Waals surface area contributed by atoms with Crippen LogP contribution in [-0.4, -0.2) is 78.7 Å². The molecule has 11 heteroatoms. The van der Waals surface area contributed by atoms with Crippen molar-refractivity contribution < 1.29 is 22.8 Å². The second-order valence-corrected chi connectivity index (χ2v) is 10.9. The van der Waals surface area contributed by atoms with Crippen LogP contribution in [0.2, 0.25) is 0 Å². The Morgan fingerprint density at radius 3 is 2.20 bits per heavy atom. The number of piperazine rings is 1. The number of hydrogen-bond acceptors (Lipinski definition) is 6. The summed E-state index contributed by atoms with van der Waals surface area (Å²) < 4.78 is 26.9. The monoisotopic (exact) mass is 499 g/mol. The molecule has 4 amide bonds. The molecule has 0 aliphatic carbocycles. The van der Waals surface area contributed by atoms with Gasteiger partial charge in [-0.3, -0.25) is 19.9 Å². The Morgan fingerprint density at radius 1 is 0.971 bits per heavy atom. The lowest BCUT2D eigenvalue weighted by Crippen LogP contribution is -2.54. The molecule has 2 aliphatic heterocycles. The van der Waals surface area contributed by atoms with Gasteiger partial charge in [0, 0.05) is 26.2 Å². The smallest absolute Gasteiger partial charge is 0.322 e. The molecule has 2 aliphatic rings. The van der Waals surface area contributed by atoms with Gasteiger partial charge in [0.1, 0.15) is 5.54 Å². The number of carbonyl (C=O) groups excluding carboxylic acids is 3. The number of hydrazine groups is 1. The number of nitrogens with zero attached hydrogens (tertiary/aromatic N) is 3. The Bertz CT molecular complexity index is 1180. The van der Waals surface area contributed by atoms with Crippen LogP contribution in [0.15, 0.2) is 65.6 Å². The van der Waals surface area contributed by atoms with Crippen molar-refractivity contribution in [1.29, 1.82) is 0 Å². The maximum absolute atomic E-state index is 12.9. The molecule has 0 saturated carbocycles. The van der Waals surface area contributed by atoms with Crippen LogP contribution >= 0.6 is 0 Å². The fraction of sp³-hybridized carbons (Fsp3) is 0.375. The van der Waals surface area contributed by atoms with Gasteiger partial charge in [0.25, 0.3) is 11.8 Å². The maximum Gasteiger partial charge on any atom is 0.344 e. The third-order valence-electron chi connectivity index (χ3n) is 6.33. The van der Waals surface area contributed by atoms with Crippen LogP contribution in [-0.2, 0) is 26.0 Å². The summed E-state index contributed by atoms with van der Waals surface area (Å²) in [6.45, 7) is 2.78. The van der Waals surface area contributed by atoms with Gasteiger partial charge in [0.2, 0.25) is 10.0 Å². The molecule has 0 radical (unpaired) electrons. The zero-order valence-corrected chi connectivity index (χ0v) is 20.3. The number of sulfonamides is 1. The van der Waals surface area contributed by atoms with E-state index in [0.717, 1.165) is 10.6 Å². The summed E-state index contributed by atoms with van der Waals surface area (Å²) in [6.07, 6.45) is 0.993. The molecule has 0 unspecified atom stereocenters. The number of benzene rings is 2. The zero-order chi connectivity index (χ0) is 25.1. The van der Waals surface area contributed by atoms with Crippen LogP contribution in [0.5, 0.6) is 0 Å². The molecule has 10 nitrogen and oxygen atoms in total. The van der Waals surface area contributed by atoms with Gasteiger partial charge < -0.3 is 5.32 Å². The molecule has 2 aromatic carbocycles. The first-order chi connectivity index (χ1) is 16.7. The van der Waals surface area contributed by atoms with E-state index in [0.29, 0.717) is 25.9 Å². The highest BCUT2D eigenvalue weighted by atomic mass is 32.2. The number of imide groups is 1. The van der Waals surface area contributed by atoms with Gasteiger partial charge in [-0.15, -0.1) is 0 Å². The number of aryl methyl sites for hydroxylation is 1. The molecule has 2 heterocycles. The third-order valence-corrected chi connectivity index (χ3v) is 8.25. The number of carbonyl (C=O) groups is 3. The van der Waals surface area contributed by atoms with E-state index in [-0.39, 0.29) is 24.5 Å². The Hall–Kier alpha value is -3.28. The summed E-state index contributed by atoms with van der Waals surface area (Å²) >= 11 is 0. The summed E-state index contributed by atoms with van der Waals surface area (Å²) in [7, 11) is -3.59. The average Bonchev–Trinajstić information content (AvgIpc) is 3.07. The highest BCUT2D eigenvalue weighted by molar-refractivity contribution is 7.89. The lowest BCUT2D eigenvalue weighted by atomic mass is 9.93. The number of nitrogens with one attached hydrogen (secondary N) is 2. The van der Waals surface area contributed by atoms with Crippen LogP contribution in [0, 0.1) is 0 Å². The second-order valence-electron chi connectivity index (χ2n) is 8.92. The van der Waals surface area contributed by atoms with Gasteiger partial charge in [-0.1, -0.05) is 48.5 Å². The summed E-state index contributed by atoms with van der Waals surface area (Å²) in [5.74, 6) is -1.02. The molecular weight excluding hydrogens is 470 g/mol. The van der Waals surface area contributed by atoms with Crippen LogP contribution in [0.25, 0.3) is 0 Å². The van der Waals surface area contributed by atoms with E-state index < -0.39 is 33.4 Å². The first-order valence-electron chi connectivity index (χ1n) is 11.5. The van der Waals surface area contributed by atoms with Crippen molar-refractivity contribution in [3.63, 3.8) is 0 Å². The highest BCUT2D eigenvalue weighted by Crippen LogP contribution is 2.22. The van der Waals surface area contributed by atoms with Crippen LogP contribution < -0.4 is 10.7 Å². The molecule has 2 N–H and O–H groups in total. The lowest BCUT2D eigenvalue weighted by Gasteiger charge is -2.33. The van der Waals surface area contributed by atoms with Crippen molar-refractivity contribution in [1.82, 2.24) is 25.0 Å². The minimum Gasteiger partial charge on any atom is -0.322 e. The van der Waals surface area contributed by atoms with Crippen molar-refractivity contribution in [2.45, 2.75) is 30.2 Å². The first-order valence-corrected chi connectivity index (χ1v) is 12.9. The molecule has 35 heavy (non-hydrogen) atoms. The van der Waals surface area contributed by atoms with Crippen molar-refractivity contribution in [2.24, 2.45) is 0 Å². The van der Waals surface area contributed by atoms with E-state index in [4.69, 9.17) is 0 Å². The van der Waals surface area contributed by atoms with E-state index in [1.807, 2.05) is 30.3 Å². The molecule has 0 bridgehead atoms. The molecule has 1 atom stereocenters. The molecule has 2 aromatic rings. The average molecular weight is 500 g/mol. The van der Waals surface area contributed by atoms with Crippen LogP contribution in [0.1, 0.15) is 18.9 Å². The Labute approximate surface area is 204 Å². The number of amides is 4. The highest BCUT2D eigenvalue weighted by Gasteiger charge is 2.48. The quantitative estimate of drug-likeness (QED) is 0.523. The Balaban J connectivity index is 1.28. The Morgan fingerprint density at radius 2 is 1.57 bits per heavy atom. The first kappa shape index (κ1) is 24.8. The van der Waals surface area contributed by atoms with E-state index in [2.05, 4.69) is 10.7 Å². The number of rotatable bonds is 8. The van der Waals surface area contributed by atoms with Crippen molar-refractivity contribution in [3.8, 4) is 0 Å². The van der Waals surface area contributed by atoms with Gasteiger partial charge in [-0.05, 0) is 37.5 Å². The standard InChI is InChI=1S/C24H29N5O5S/c1-24(13-12-19-8-4-2-5-9-19)22(31)29(23(32)25-24)26-21(30)18-27-14-16-28(17-15-27)35(33,34)20-10-6-3-7-11-20/h2-11H,12-18H2,1H3,(H,25,32)(H,26,30)/t24-/m1/s1. The molecule has 2 fully saturated rings. The van der Waals surface area contributed by atoms with Gasteiger partial charge in [0.05, 0.1) is 11.4 Å². The summed E-state index contributed by atoms with van der Waals surface area (Å²) in [5.41, 5.74) is 2.34. The number of hydrogen-bond donors (Lipinski definition) is 2. The molecular formula is C24H29N5O5S. The second kappa shape index (κ2) is 10.1. The maximum atomic E-state index is 12.9. The number of urea groups is 1. The van der Waals surface area contributed by atoms with Crippen molar-refractivity contribution in [2.75, 3.05) is 32.7 Å². The van der Waals surface area contributed by atoms with Gasteiger partial charge in [-0.25, -0.2) is 13.2 Å². The molecule has 2 saturated heterocycles. The fourth-order valence-electron chi connectivity index (χ4n) is 4.23. The van der Waals surface area contributed by atoms with Crippen LogP contribution in [0.4, 0.5) is 4.79 Å². The molecule has 186 valence electrons. The van der Waals surface area contributed by atoms with E-state index in [9.17, 15) is 22.8 Å². The van der Waals surface area contributed by atoms with Crippen molar-refractivity contribution >= 4 is 27.9 Å². The van der Waals surface area contributed by atoms with E-state index in [1.165, 1.54) is 4.31 Å². The van der Waals surface area contributed by atoms with Crippen molar-refractivity contribution in [3.05, 3.63) is 66.2 Å². The van der Waals surface area contributed by atoms with E-state index in [1.54, 1.807) is 42.2 Å². The normalized spacial score (nSPS) is 21.7. The predicted molar refractivity (Wildman–Crippen MR) is 128 cm³/mol. The molecule has 0 aromatic heterocycles. The predicted octanol–water partition coefficient (Wildman–Crippen LogP) is 0.967. The topological polar surface area (TPSA) is 119 Å². The molecule has 4 rings (SSSR count). The zero-order valence-electron chi connectivity index (χ0n) is 19.5. The summed E-state index contributed by atoms with van der Waals surface area (Å²) in [5, 5.41) is 3.42. The van der Waals surface area contributed by atoms with Crippen LogP contribution in [0.3, 0.4) is 0 Å². The van der Waals surface area contributed by atoms with E-state index >= 15 is 0 Å². The SMILES string of the molecule is C[C@]1(CCc2ccccc2)NC(=O)N(NC(=O)CN2CCN(S(=O)(=O)c3ccccc3)CC2)C1=O. The minimum atomic E-state index is -3.59. The molecule has 0 spiro atoms.